The highest BCUT2D eigenvalue weighted by Gasteiger charge is 2.14. The van der Waals surface area contributed by atoms with E-state index in [0.717, 1.165) is 22.7 Å². The van der Waals surface area contributed by atoms with Gasteiger partial charge in [0, 0.05) is 17.8 Å². The van der Waals surface area contributed by atoms with Crippen molar-refractivity contribution < 1.29 is 9.18 Å². The minimum absolute atomic E-state index is 0.112. The van der Waals surface area contributed by atoms with Crippen molar-refractivity contribution in [2.75, 3.05) is 17.2 Å². The Bertz CT molecular complexity index is 1030. The lowest BCUT2D eigenvalue weighted by Crippen LogP contribution is -2.28. The number of amides is 2. The Hall–Kier alpha value is -3.06. The second-order valence-electron chi connectivity index (χ2n) is 7.18. The maximum Gasteiger partial charge on any atom is 0.319 e. The van der Waals surface area contributed by atoms with Gasteiger partial charge in [-0.05, 0) is 61.4 Å². The predicted octanol–water partition coefficient (Wildman–Crippen LogP) is 6.21. The van der Waals surface area contributed by atoms with Gasteiger partial charge in [-0.2, -0.15) is 0 Å². The number of urea groups is 1. The number of nitrogens with one attached hydrogen (secondary N) is 3. The molecule has 2 amide bonds. The largest absolute Gasteiger partial charge is 0.378 e. The van der Waals surface area contributed by atoms with Crippen LogP contribution in [0.25, 0.3) is 0 Å². The van der Waals surface area contributed by atoms with E-state index in [0.29, 0.717) is 17.8 Å². The lowest BCUT2D eigenvalue weighted by molar-refractivity contribution is 0.251. The molecular formula is C23H25FN4OS. The maximum absolute atomic E-state index is 13.7. The van der Waals surface area contributed by atoms with E-state index in [9.17, 15) is 9.18 Å². The Labute approximate surface area is 180 Å². The number of fused-ring (bicyclic) bond motifs is 1. The SMILES string of the molecule is CC(C)=CS/C=C(\C)C1=Nc2cc(NC(=O)NCc3ccccc3F)ccc2NC1. The van der Waals surface area contributed by atoms with Gasteiger partial charge < -0.3 is 16.0 Å². The van der Waals surface area contributed by atoms with Crippen LogP contribution in [0.5, 0.6) is 0 Å². The molecule has 2 aromatic carbocycles. The molecule has 1 heterocycles. The molecule has 0 bridgehead atoms. The minimum atomic E-state index is -0.402. The number of carbonyl (C=O) groups is 1. The first-order valence-corrected chi connectivity index (χ1v) is 10.6. The van der Waals surface area contributed by atoms with Crippen molar-refractivity contribution in [3.63, 3.8) is 0 Å². The molecule has 3 N–H and O–H groups in total. The Morgan fingerprint density at radius 1 is 1.20 bits per heavy atom. The zero-order valence-electron chi connectivity index (χ0n) is 17.3. The van der Waals surface area contributed by atoms with E-state index < -0.39 is 6.03 Å². The van der Waals surface area contributed by atoms with Gasteiger partial charge in [0.1, 0.15) is 5.82 Å². The lowest BCUT2D eigenvalue weighted by atomic mass is 10.1. The average molecular weight is 425 g/mol. The summed E-state index contributed by atoms with van der Waals surface area (Å²) in [5, 5.41) is 13.0. The zero-order chi connectivity index (χ0) is 21.5. The highest BCUT2D eigenvalue weighted by Crippen LogP contribution is 2.32. The number of anilines is 2. The number of rotatable bonds is 6. The number of thioether (sulfide) groups is 1. The summed E-state index contributed by atoms with van der Waals surface area (Å²) in [7, 11) is 0. The van der Waals surface area contributed by atoms with Crippen LogP contribution in [0.2, 0.25) is 0 Å². The second-order valence-corrected chi connectivity index (χ2v) is 7.92. The number of nitrogens with zero attached hydrogens (tertiary/aromatic N) is 1. The molecule has 7 heteroatoms. The third-order valence-corrected chi connectivity index (χ3v) is 5.46. The normalized spacial score (nSPS) is 12.9. The number of hydrogen-bond acceptors (Lipinski definition) is 4. The molecule has 2 aromatic rings. The van der Waals surface area contributed by atoms with E-state index >= 15 is 0 Å². The highest BCUT2D eigenvalue weighted by molar-refractivity contribution is 8.05. The van der Waals surface area contributed by atoms with E-state index in [1.165, 1.54) is 11.6 Å². The molecule has 0 atom stereocenters. The molecule has 3 rings (SSSR count). The van der Waals surface area contributed by atoms with E-state index in [-0.39, 0.29) is 12.4 Å². The molecule has 0 saturated carbocycles. The van der Waals surface area contributed by atoms with Crippen molar-refractivity contribution in [2.24, 2.45) is 4.99 Å². The molecule has 0 radical (unpaired) electrons. The molecule has 0 aromatic heterocycles. The molecule has 0 unspecified atom stereocenters. The molecular weight excluding hydrogens is 399 g/mol. The monoisotopic (exact) mass is 424 g/mol. The summed E-state index contributed by atoms with van der Waals surface area (Å²) in [5.41, 5.74) is 6.04. The summed E-state index contributed by atoms with van der Waals surface area (Å²) in [5.74, 6) is -0.342. The van der Waals surface area contributed by atoms with Crippen LogP contribution in [0.4, 0.5) is 26.2 Å². The third-order valence-electron chi connectivity index (χ3n) is 4.36. The number of hydrogen-bond donors (Lipinski definition) is 3. The summed E-state index contributed by atoms with van der Waals surface area (Å²) in [4.78, 5) is 16.9. The number of carbonyl (C=O) groups excluding carboxylic acids is 1. The number of allylic oxidation sites excluding steroid dienone is 1. The van der Waals surface area contributed by atoms with Crippen LogP contribution < -0.4 is 16.0 Å². The minimum Gasteiger partial charge on any atom is -0.378 e. The van der Waals surface area contributed by atoms with Gasteiger partial charge in [0.25, 0.3) is 0 Å². The van der Waals surface area contributed by atoms with Gasteiger partial charge in [-0.15, -0.1) is 11.8 Å². The molecule has 30 heavy (non-hydrogen) atoms. The fourth-order valence-electron chi connectivity index (χ4n) is 2.78. The highest BCUT2D eigenvalue weighted by atomic mass is 32.2. The van der Waals surface area contributed by atoms with Crippen LogP contribution in [-0.2, 0) is 6.54 Å². The van der Waals surface area contributed by atoms with Gasteiger partial charge in [-0.1, -0.05) is 23.8 Å². The fourth-order valence-corrected chi connectivity index (χ4v) is 3.46. The molecule has 0 fully saturated rings. The van der Waals surface area contributed by atoms with Gasteiger partial charge in [0.15, 0.2) is 0 Å². The van der Waals surface area contributed by atoms with Crippen molar-refractivity contribution >= 4 is 40.6 Å². The van der Waals surface area contributed by atoms with Gasteiger partial charge in [0.2, 0.25) is 0 Å². The third kappa shape index (κ3) is 5.97. The number of benzene rings is 2. The Kier molecular flexibility index (Phi) is 7.30. The average Bonchev–Trinajstić information content (AvgIpc) is 2.72. The smallest absolute Gasteiger partial charge is 0.319 e. The van der Waals surface area contributed by atoms with Gasteiger partial charge in [-0.3, -0.25) is 0 Å². The first-order chi connectivity index (χ1) is 14.4. The van der Waals surface area contributed by atoms with E-state index in [1.807, 2.05) is 25.1 Å². The van der Waals surface area contributed by atoms with E-state index in [4.69, 9.17) is 4.99 Å². The summed E-state index contributed by atoms with van der Waals surface area (Å²) < 4.78 is 13.7. The molecule has 0 saturated heterocycles. The maximum atomic E-state index is 13.7. The zero-order valence-corrected chi connectivity index (χ0v) is 18.1. The van der Waals surface area contributed by atoms with Crippen molar-refractivity contribution in [2.45, 2.75) is 27.3 Å². The van der Waals surface area contributed by atoms with Crippen molar-refractivity contribution in [3.8, 4) is 0 Å². The van der Waals surface area contributed by atoms with Crippen LogP contribution in [0, 0.1) is 5.82 Å². The first kappa shape index (κ1) is 21.6. The van der Waals surface area contributed by atoms with Crippen molar-refractivity contribution in [1.82, 2.24) is 5.32 Å². The van der Waals surface area contributed by atoms with Gasteiger partial charge in [0.05, 0.1) is 23.6 Å². The summed E-state index contributed by atoms with van der Waals surface area (Å²) in [6.45, 7) is 6.93. The summed E-state index contributed by atoms with van der Waals surface area (Å²) in [6, 6.07) is 11.5. The predicted molar refractivity (Wildman–Crippen MR) is 125 cm³/mol. The van der Waals surface area contributed by atoms with Crippen LogP contribution in [-0.4, -0.2) is 18.3 Å². The Morgan fingerprint density at radius 2 is 2.00 bits per heavy atom. The number of halogens is 1. The molecule has 0 spiro atoms. The molecule has 1 aliphatic rings. The molecule has 5 nitrogen and oxygen atoms in total. The standard InChI is InChI=1S/C23H25FN4OS/c1-15(2)13-30-14-16(3)22-12-25-20-9-8-18(10-21(20)28-22)27-23(29)26-11-17-6-4-5-7-19(17)24/h4-10,13-14,25H,11-12H2,1-3H3,(H2,26,27,29)/b16-14+. The number of aliphatic imine (C=N–C) groups is 1. The summed E-state index contributed by atoms with van der Waals surface area (Å²) in [6.07, 6.45) is 0. The van der Waals surface area contributed by atoms with Crippen molar-refractivity contribution in [1.29, 1.82) is 0 Å². The van der Waals surface area contributed by atoms with E-state index in [1.54, 1.807) is 30.0 Å². The van der Waals surface area contributed by atoms with Gasteiger partial charge >= 0.3 is 6.03 Å². The van der Waals surface area contributed by atoms with Crippen LogP contribution in [0.1, 0.15) is 26.3 Å². The summed E-state index contributed by atoms with van der Waals surface area (Å²) >= 11 is 1.64. The molecule has 1 aliphatic heterocycles. The van der Waals surface area contributed by atoms with Crippen LogP contribution >= 0.6 is 11.8 Å². The van der Waals surface area contributed by atoms with Crippen LogP contribution in [0.15, 0.2) is 69.4 Å². The molecule has 0 aliphatic carbocycles. The lowest BCUT2D eigenvalue weighted by Gasteiger charge is -2.19. The Balaban J connectivity index is 1.65. The van der Waals surface area contributed by atoms with Crippen LogP contribution in [0.3, 0.4) is 0 Å². The topological polar surface area (TPSA) is 65.5 Å². The van der Waals surface area contributed by atoms with E-state index in [2.05, 4.69) is 40.6 Å². The molecule has 156 valence electrons. The van der Waals surface area contributed by atoms with Gasteiger partial charge in [-0.25, -0.2) is 14.2 Å². The fraction of sp³-hybridized carbons (Fsp3) is 0.217. The van der Waals surface area contributed by atoms with Crippen molar-refractivity contribution in [3.05, 3.63) is 75.8 Å². The first-order valence-electron chi connectivity index (χ1n) is 9.62. The second kappa shape index (κ2) is 10.1. The Morgan fingerprint density at radius 3 is 2.77 bits per heavy atom. The quantitative estimate of drug-likeness (QED) is 0.517.